The van der Waals surface area contributed by atoms with Crippen LogP contribution in [0.4, 0.5) is 11.6 Å². The molecule has 0 bridgehead atoms. The first-order valence-corrected chi connectivity index (χ1v) is 8.86. The van der Waals surface area contributed by atoms with E-state index >= 15 is 0 Å². The van der Waals surface area contributed by atoms with E-state index in [-0.39, 0.29) is 33.4 Å². The third-order valence-corrected chi connectivity index (χ3v) is 5.36. The molecule has 0 unspecified atom stereocenters. The fourth-order valence-corrected chi connectivity index (χ4v) is 3.80. The lowest BCUT2D eigenvalue weighted by Crippen LogP contribution is -2.13. The Balaban J connectivity index is 1.95. The molecule has 0 spiro atoms. The normalized spacial score (nSPS) is 11.7. The molecule has 0 fully saturated rings. The van der Waals surface area contributed by atoms with Gasteiger partial charge in [-0.2, -0.15) is 4.98 Å². The summed E-state index contributed by atoms with van der Waals surface area (Å²) in [4.78, 5) is 22.1. The Kier molecular flexibility index (Phi) is 3.63. The van der Waals surface area contributed by atoms with Crippen LogP contribution >= 0.6 is 0 Å². The molecular formula is C15H10N6O5S. The van der Waals surface area contributed by atoms with Gasteiger partial charge in [0.1, 0.15) is 17.5 Å². The Hall–Kier alpha value is -3.80. The van der Waals surface area contributed by atoms with E-state index in [1.165, 1.54) is 24.5 Å². The highest BCUT2D eigenvalue weighted by molar-refractivity contribution is 7.90. The van der Waals surface area contributed by atoms with Crippen molar-refractivity contribution in [1.82, 2.24) is 18.9 Å². The molecule has 4 aromatic rings. The molecule has 0 radical (unpaired) electrons. The number of anilines is 1. The molecule has 0 atom stereocenters. The maximum atomic E-state index is 13.0. The van der Waals surface area contributed by atoms with Gasteiger partial charge in [-0.15, -0.1) is 0 Å². The zero-order valence-electron chi connectivity index (χ0n) is 13.4. The molecule has 1 aromatic carbocycles. The van der Waals surface area contributed by atoms with E-state index in [1.807, 2.05) is 0 Å². The highest BCUT2D eigenvalue weighted by Gasteiger charge is 2.25. The fraction of sp³-hybridized carbons (Fsp3) is 0. The number of nitrogens with two attached hydrogens (primary N) is 1. The zero-order valence-corrected chi connectivity index (χ0v) is 14.2. The highest BCUT2D eigenvalue weighted by atomic mass is 32.2. The first-order chi connectivity index (χ1) is 12.9. The summed E-state index contributed by atoms with van der Waals surface area (Å²) >= 11 is 0. The Morgan fingerprint density at radius 3 is 2.70 bits per heavy atom. The van der Waals surface area contributed by atoms with Crippen LogP contribution in [-0.2, 0) is 10.0 Å². The third-order valence-electron chi connectivity index (χ3n) is 3.72. The monoisotopic (exact) mass is 386 g/mol. The number of nitrogens with zero attached hydrogens (tertiary/aromatic N) is 5. The highest BCUT2D eigenvalue weighted by Crippen LogP contribution is 2.28. The molecule has 2 N–H and O–H groups in total. The van der Waals surface area contributed by atoms with Gasteiger partial charge in [-0.05, 0) is 18.2 Å². The second kappa shape index (κ2) is 5.88. The summed E-state index contributed by atoms with van der Waals surface area (Å²) in [6.45, 7) is 0. The van der Waals surface area contributed by atoms with Crippen molar-refractivity contribution in [3.8, 4) is 11.5 Å². The molecule has 11 nitrogen and oxygen atoms in total. The van der Waals surface area contributed by atoms with Crippen molar-refractivity contribution >= 4 is 32.8 Å². The van der Waals surface area contributed by atoms with E-state index in [2.05, 4.69) is 15.0 Å². The number of non-ortho nitro benzene ring substituents is 1. The number of fused-ring (bicyclic) bond motifs is 1. The van der Waals surface area contributed by atoms with E-state index in [0.29, 0.717) is 5.76 Å². The summed E-state index contributed by atoms with van der Waals surface area (Å²) in [5, 5.41) is 10.9. The topological polar surface area (TPSA) is 160 Å². The molecule has 136 valence electrons. The van der Waals surface area contributed by atoms with Crippen LogP contribution < -0.4 is 5.73 Å². The zero-order chi connectivity index (χ0) is 19.2. The quantitative estimate of drug-likeness (QED) is 0.407. The van der Waals surface area contributed by atoms with Gasteiger partial charge >= 0.3 is 0 Å². The van der Waals surface area contributed by atoms with Crippen molar-refractivity contribution in [2.45, 2.75) is 4.90 Å². The molecule has 0 aliphatic rings. The van der Waals surface area contributed by atoms with Crippen molar-refractivity contribution in [2.75, 3.05) is 5.73 Å². The van der Waals surface area contributed by atoms with Gasteiger partial charge in [0.05, 0.1) is 16.1 Å². The summed E-state index contributed by atoms with van der Waals surface area (Å²) in [5.74, 6) is 0.164. The van der Waals surface area contributed by atoms with Crippen LogP contribution in [0.1, 0.15) is 0 Å². The minimum absolute atomic E-state index is 0.0691. The van der Waals surface area contributed by atoms with Gasteiger partial charge in [0.2, 0.25) is 5.95 Å². The maximum Gasteiger partial charge on any atom is 0.270 e. The van der Waals surface area contributed by atoms with Gasteiger partial charge in [-0.3, -0.25) is 10.1 Å². The van der Waals surface area contributed by atoms with Crippen LogP contribution in [0.5, 0.6) is 0 Å². The average molecular weight is 386 g/mol. The van der Waals surface area contributed by atoms with Crippen LogP contribution in [0.3, 0.4) is 0 Å². The number of benzene rings is 1. The van der Waals surface area contributed by atoms with Gasteiger partial charge in [-0.1, -0.05) is 6.07 Å². The van der Waals surface area contributed by atoms with E-state index in [4.69, 9.17) is 10.2 Å². The number of rotatable bonds is 4. The van der Waals surface area contributed by atoms with Crippen LogP contribution in [0.15, 0.2) is 58.3 Å². The Morgan fingerprint density at radius 1 is 1.19 bits per heavy atom. The van der Waals surface area contributed by atoms with Crippen LogP contribution in [0.2, 0.25) is 0 Å². The van der Waals surface area contributed by atoms with Crippen molar-refractivity contribution in [3.63, 3.8) is 0 Å². The van der Waals surface area contributed by atoms with Crippen LogP contribution in [0, 0.1) is 10.1 Å². The summed E-state index contributed by atoms with van der Waals surface area (Å²) in [6.07, 6.45) is 2.47. The second-order valence-corrected chi connectivity index (χ2v) is 7.19. The van der Waals surface area contributed by atoms with Crippen LogP contribution in [0.25, 0.3) is 22.6 Å². The number of nitrogen functional groups attached to an aromatic ring is 1. The van der Waals surface area contributed by atoms with Gasteiger partial charge < -0.3 is 10.2 Å². The molecule has 3 aromatic heterocycles. The van der Waals surface area contributed by atoms with Crippen LogP contribution in [-0.4, -0.2) is 32.3 Å². The molecule has 0 amide bonds. The number of nitro groups is 1. The molecular weight excluding hydrogens is 376 g/mol. The number of imidazole rings is 1. The predicted molar refractivity (Wildman–Crippen MR) is 93.1 cm³/mol. The fourth-order valence-electron chi connectivity index (χ4n) is 2.53. The Labute approximate surface area is 151 Å². The SMILES string of the molecule is Nc1nc(-c2ccco2)c2ncn(S(=O)(=O)c3cccc([N+](=O)[O-])c3)c2n1. The van der Waals surface area contributed by atoms with E-state index in [0.717, 1.165) is 16.4 Å². The molecule has 0 saturated carbocycles. The van der Waals surface area contributed by atoms with Crippen molar-refractivity contribution < 1.29 is 17.8 Å². The van der Waals surface area contributed by atoms with E-state index in [9.17, 15) is 18.5 Å². The maximum absolute atomic E-state index is 13.0. The first kappa shape index (κ1) is 16.7. The Morgan fingerprint density at radius 2 is 2.00 bits per heavy atom. The van der Waals surface area contributed by atoms with E-state index < -0.39 is 14.9 Å². The summed E-state index contributed by atoms with van der Waals surface area (Å²) in [5.41, 5.74) is 5.68. The number of furan rings is 1. The number of hydrogen-bond donors (Lipinski definition) is 1. The average Bonchev–Trinajstić information content (AvgIpc) is 3.31. The summed E-state index contributed by atoms with van der Waals surface area (Å²) in [7, 11) is -4.21. The summed E-state index contributed by atoms with van der Waals surface area (Å²) < 4.78 is 32.0. The smallest absolute Gasteiger partial charge is 0.270 e. The van der Waals surface area contributed by atoms with Gasteiger partial charge in [0.15, 0.2) is 11.4 Å². The minimum Gasteiger partial charge on any atom is -0.463 e. The lowest BCUT2D eigenvalue weighted by Gasteiger charge is -2.07. The molecule has 4 rings (SSSR count). The molecule has 0 aliphatic carbocycles. The standard InChI is InChI=1S/C15H10N6O5S/c16-15-18-12(11-5-2-6-26-11)13-14(19-15)20(8-17-13)27(24,25)10-4-1-3-9(7-10)21(22)23/h1-8H,(H2,16,18,19). The number of aromatic nitrogens is 4. The lowest BCUT2D eigenvalue weighted by atomic mass is 10.3. The Bertz CT molecular complexity index is 1280. The summed E-state index contributed by atoms with van der Waals surface area (Å²) in [6, 6.07) is 7.93. The third kappa shape index (κ3) is 2.67. The molecule has 0 saturated heterocycles. The van der Waals surface area contributed by atoms with Gasteiger partial charge in [0, 0.05) is 12.1 Å². The largest absolute Gasteiger partial charge is 0.463 e. The number of nitro benzene ring substituents is 1. The van der Waals surface area contributed by atoms with Crippen molar-refractivity contribution in [3.05, 3.63) is 59.1 Å². The van der Waals surface area contributed by atoms with Gasteiger partial charge in [0.25, 0.3) is 15.7 Å². The van der Waals surface area contributed by atoms with E-state index in [1.54, 1.807) is 12.1 Å². The van der Waals surface area contributed by atoms with Crippen molar-refractivity contribution in [2.24, 2.45) is 0 Å². The minimum atomic E-state index is -4.21. The van der Waals surface area contributed by atoms with Crippen molar-refractivity contribution in [1.29, 1.82) is 0 Å². The molecule has 12 heteroatoms. The molecule has 0 aliphatic heterocycles. The molecule has 27 heavy (non-hydrogen) atoms. The second-order valence-electron chi connectivity index (χ2n) is 5.38. The predicted octanol–water partition coefficient (Wildman–Crippen LogP) is 1.81. The molecule has 3 heterocycles. The first-order valence-electron chi connectivity index (χ1n) is 7.42. The van der Waals surface area contributed by atoms with Gasteiger partial charge in [-0.25, -0.2) is 22.4 Å². The lowest BCUT2D eigenvalue weighted by molar-refractivity contribution is -0.385. The number of hydrogen-bond acceptors (Lipinski definition) is 9.